The maximum Gasteiger partial charge on any atom is 0.262 e. The Morgan fingerprint density at radius 2 is 1.66 bits per heavy atom. The number of ether oxygens (including phenoxy) is 1. The summed E-state index contributed by atoms with van der Waals surface area (Å²) < 4.78 is 31.5. The Morgan fingerprint density at radius 1 is 1.03 bits per heavy atom. The first-order valence-electron chi connectivity index (χ1n) is 11.7. The molecule has 0 spiro atoms. The van der Waals surface area contributed by atoms with Gasteiger partial charge in [-0.1, -0.05) is 18.1 Å². The van der Waals surface area contributed by atoms with E-state index in [0.29, 0.717) is 12.2 Å². The lowest BCUT2D eigenvalue weighted by atomic mass is 10.1. The first-order valence-corrected chi connectivity index (χ1v) is 13.3. The van der Waals surface area contributed by atoms with E-state index in [4.69, 9.17) is 9.94 Å². The Morgan fingerprint density at radius 3 is 2.24 bits per heavy atom. The third-order valence-corrected chi connectivity index (χ3v) is 7.94. The van der Waals surface area contributed by atoms with Gasteiger partial charge in [-0.3, -0.25) is 29.3 Å². The van der Waals surface area contributed by atoms with Crippen LogP contribution in [0.25, 0.3) is 0 Å². The van der Waals surface area contributed by atoms with E-state index >= 15 is 0 Å². The number of nitrogens with zero attached hydrogens (tertiary/aromatic N) is 1. The number of unbranched alkanes of at least 4 members (excludes halogenated alkanes) is 1. The van der Waals surface area contributed by atoms with Crippen molar-refractivity contribution in [2.75, 3.05) is 19.7 Å². The number of imide groups is 1. The topological polar surface area (TPSA) is 159 Å². The lowest BCUT2D eigenvalue weighted by molar-refractivity contribution is -0.129. The van der Waals surface area contributed by atoms with Crippen molar-refractivity contribution in [3.63, 3.8) is 0 Å². The van der Waals surface area contributed by atoms with Crippen LogP contribution in [0.15, 0.2) is 53.4 Å². The van der Waals surface area contributed by atoms with E-state index in [2.05, 4.69) is 17.2 Å². The molecule has 200 valence electrons. The van der Waals surface area contributed by atoms with Gasteiger partial charge in [-0.2, -0.15) is 0 Å². The maximum absolute atomic E-state index is 13.1. The van der Waals surface area contributed by atoms with Crippen molar-refractivity contribution in [1.82, 2.24) is 15.7 Å². The van der Waals surface area contributed by atoms with Gasteiger partial charge < -0.3 is 10.1 Å². The number of amides is 4. The first kappa shape index (κ1) is 28.4. The second-order valence-electron chi connectivity index (χ2n) is 8.28. The van der Waals surface area contributed by atoms with Gasteiger partial charge in [0.25, 0.3) is 17.7 Å². The summed E-state index contributed by atoms with van der Waals surface area (Å²) in [6, 6.07) is 11.8. The van der Waals surface area contributed by atoms with Gasteiger partial charge in [0.1, 0.15) is 24.2 Å². The quantitative estimate of drug-likeness (QED) is 0.119. The zero-order valence-electron chi connectivity index (χ0n) is 20.6. The molecule has 12 heteroatoms. The lowest BCUT2D eigenvalue weighted by Gasteiger charge is -2.16. The second kappa shape index (κ2) is 12.8. The molecule has 2 aromatic carbocycles. The number of rotatable bonds is 12. The van der Waals surface area contributed by atoms with Crippen LogP contribution in [-0.2, 0) is 19.4 Å². The van der Waals surface area contributed by atoms with Crippen molar-refractivity contribution >= 4 is 33.5 Å². The van der Waals surface area contributed by atoms with Crippen LogP contribution in [0, 0.1) is 11.8 Å². The molecule has 0 saturated heterocycles. The Hall–Kier alpha value is -4.21. The molecule has 1 heterocycles. The minimum atomic E-state index is -4.14. The van der Waals surface area contributed by atoms with Crippen molar-refractivity contribution in [2.24, 2.45) is 0 Å². The molecule has 0 bridgehead atoms. The molecule has 0 radical (unpaired) electrons. The van der Waals surface area contributed by atoms with E-state index in [1.54, 1.807) is 19.1 Å². The highest BCUT2D eigenvalue weighted by atomic mass is 32.2. The predicted octanol–water partition coefficient (Wildman–Crippen LogP) is 1.32. The summed E-state index contributed by atoms with van der Waals surface area (Å²) in [5.41, 5.74) is 1.89. The number of carbonyl (C=O) groups is 4. The average Bonchev–Trinajstić information content (AvgIpc) is 3.15. The third kappa shape index (κ3) is 6.56. The van der Waals surface area contributed by atoms with Gasteiger partial charge in [-0.05, 0) is 62.6 Å². The molecule has 0 aliphatic carbocycles. The molecule has 3 rings (SSSR count). The van der Waals surface area contributed by atoms with Crippen molar-refractivity contribution in [1.29, 1.82) is 0 Å². The smallest absolute Gasteiger partial charge is 0.262 e. The van der Waals surface area contributed by atoms with Gasteiger partial charge in [0, 0.05) is 6.54 Å². The standard InChI is InChI=1S/C26H27N3O8S/c1-2-3-16-37-18-11-13-19(14-12-18)38(35,36)22(24(31)28-34)10-6-7-15-27-23(30)17-29-25(32)20-8-4-5-9-21(20)26(29)33/h4-5,8-9,11-14,22,34H,6-7,10,15-17H2,1H3,(H,27,30)(H,28,31). The van der Waals surface area contributed by atoms with Crippen LogP contribution in [0.3, 0.4) is 0 Å². The zero-order valence-corrected chi connectivity index (χ0v) is 21.4. The summed E-state index contributed by atoms with van der Waals surface area (Å²) in [5, 5.41) is 10.1. The molecule has 11 nitrogen and oxygen atoms in total. The summed E-state index contributed by atoms with van der Waals surface area (Å²) in [5.74, 6) is 3.09. The van der Waals surface area contributed by atoms with Crippen molar-refractivity contribution in [3.05, 3.63) is 59.7 Å². The van der Waals surface area contributed by atoms with Crippen LogP contribution in [0.4, 0.5) is 0 Å². The molecular formula is C26H27N3O8S. The number of benzene rings is 2. The molecule has 1 atom stereocenters. The van der Waals surface area contributed by atoms with E-state index < -0.39 is 45.3 Å². The highest BCUT2D eigenvalue weighted by molar-refractivity contribution is 7.92. The van der Waals surface area contributed by atoms with Crippen LogP contribution < -0.4 is 15.5 Å². The normalized spacial score (nSPS) is 13.3. The number of carbonyl (C=O) groups excluding carboxylic acids is 4. The van der Waals surface area contributed by atoms with E-state index in [0.717, 1.165) is 4.90 Å². The molecular weight excluding hydrogens is 514 g/mol. The van der Waals surface area contributed by atoms with E-state index in [-0.39, 0.29) is 42.0 Å². The number of hydroxylamine groups is 1. The van der Waals surface area contributed by atoms with Crippen LogP contribution in [-0.4, -0.2) is 67.1 Å². The minimum Gasteiger partial charge on any atom is -0.481 e. The van der Waals surface area contributed by atoms with Gasteiger partial charge in [0.15, 0.2) is 9.84 Å². The number of hydrogen-bond donors (Lipinski definition) is 3. The van der Waals surface area contributed by atoms with Crippen molar-refractivity contribution < 1.29 is 37.5 Å². The Bertz CT molecular complexity index is 1340. The molecule has 1 aliphatic rings. The summed E-state index contributed by atoms with van der Waals surface area (Å²) in [6.07, 6.45) is 0.415. The van der Waals surface area contributed by atoms with E-state index in [1.165, 1.54) is 41.9 Å². The molecule has 0 aromatic heterocycles. The second-order valence-corrected chi connectivity index (χ2v) is 10.4. The highest BCUT2D eigenvalue weighted by Crippen LogP contribution is 2.24. The Kier molecular flexibility index (Phi) is 9.59. The molecule has 1 aliphatic heterocycles. The third-order valence-electron chi connectivity index (χ3n) is 5.81. The Labute approximate surface area is 220 Å². The molecule has 4 amide bonds. The van der Waals surface area contributed by atoms with E-state index in [1.807, 2.05) is 0 Å². The number of nitrogens with one attached hydrogen (secondary N) is 2. The first-order chi connectivity index (χ1) is 18.2. The van der Waals surface area contributed by atoms with Gasteiger partial charge in [0.05, 0.1) is 16.0 Å². The van der Waals surface area contributed by atoms with Crippen LogP contribution >= 0.6 is 0 Å². The summed E-state index contributed by atoms with van der Waals surface area (Å²) in [7, 11) is -4.14. The van der Waals surface area contributed by atoms with Gasteiger partial charge >= 0.3 is 0 Å². The largest absolute Gasteiger partial charge is 0.481 e. The molecule has 1 unspecified atom stereocenters. The SMILES string of the molecule is CC#CCOc1ccc(S(=O)(=O)C(CCCCNC(=O)CN2C(=O)c3ccccc3C2=O)C(=O)NO)cc1. The fraction of sp³-hybridized carbons (Fsp3) is 0.308. The Balaban J connectivity index is 1.51. The molecule has 2 aromatic rings. The summed E-state index contributed by atoms with van der Waals surface area (Å²) >= 11 is 0. The van der Waals surface area contributed by atoms with Crippen LogP contribution in [0.1, 0.15) is 46.9 Å². The minimum absolute atomic E-state index is 0.116. The lowest BCUT2D eigenvalue weighted by Crippen LogP contribution is -2.40. The van der Waals surface area contributed by atoms with Crippen molar-refractivity contribution in [2.45, 2.75) is 36.3 Å². The number of hydrogen-bond acceptors (Lipinski definition) is 8. The van der Waals surface area contributed by atoms with Crippen LogP contribution in [0.5, 0.6) is 5.75 Å². The summed E-state index contributed by atoms with van der Waals surface area (Å²) in [4.78, 5) is 49.9. The molecule has 3 N–H and O–H groups in total. The van der Waals surface area contributed by atoms with E-state index in [9.17, 15) is 27.6 Å². The maximum atomic E-state index is 13.1. The van der Waals surface area contributed by atoms with Gasteiger partial charge in [-0.25, -0.2) is 13.9 Å². The van der Waals surface area contributed by atoms with Crippen molar-refractivity contribution in [3.8, 4) is 17.6 Å². The fourth-order valence-corrected chi connectivity index (χ4v) is 5.50. The zero-order chi connectivity index (χ0) is 27.7. The monoisotopic (exact) mass is 541 g/mol. The fourth-order valence-electron chi connectivity index (χ4n) is 3.85. The van der Waals surface area contributed by atoms with Crippen LogP contribution in [0.2, 0.25) is 0 Å². The summed E-state index contributed by atoms with van der Waals surface area (Å²) in [6.45, 7) is 1.49. The average molecular weight is 542 g/mol. The molecule has 0 saturated carbocycles. The molecule has 38 heavy (non-hydrogen) atoms. The predicted molar refractivity (Wildman–Crippen MR) is 135 cm³/mol. The molecule has 0 fully saturated rings. The van der Waals surface area contributed by atoms with Gasteiger partial charge in [-0.15, -0.1) is 5.92 Å². The van der Waals surface area contributed by atoms with Gasteiger partial charge in [0.2, 0.25) is 5.91 Å². The number of fused-ring (bicyclic) bond motifs is 1. The highest BCUT2D eigenvalue weighted by Gasteiger charge is 2.36. The number of sulfone groups is 1.